The summed E-state index contributed by atoms with van der Waals surface area (Å²) in [5, 5.41) is 4.46. The molecule has 0 fully saturated rings. The molecular formula is C14H20ClN3S2. The third-order valence-corrected chi connectivity index (χ3v) is 5.41. The van der Waals surface area contributed by atoms with Crippen LogP contribution in [0.4, 0.5) is 5.13 Å². The van der Waals surface area contributed by atoms with Gasteiger partial charge < -0.3 is 10.2 Å². The van der Waals surface area contributed by atoms with E-state index in [1.807, 2.05) is 6.07 Å². The maximum Gasteiger partial charge on any atom is 0.185 e. The lowest BCUT2D eigenvalue weighted by Crippen LogP contribution is -2.15. The molecule has 0 saturated heterocycles. The highest BCUT2D eigenvalue weighted by atomic mass is 35.5. The van der Waals surface area contributed by atoms with Crippen molar-refractivity contribution >= 4 is 39.4 Å². The zero-order valence-corrected chi connectivity index (χ0v) is 14.5. The van der Waals surface area contributed by atoms with Crippen molar-refractivity contribution < 1.29 is 0 Å². The highest BCUT2D eigenvalue weighted by Gasteiger charge is 2.13. The van der Waals surface area contributed by atoms with Crippen LogP contribution in [0.3, 0.4) is 0 Å². The first-order valence-corrected chi connectivity index (χ1v) is 8.79. The van der Waals surface area contributed by atoms with Crippen LogP contribution in [0.5, 0.6) is 0 Å². The predicted molar refractivity (Wildman–Crippen MR) is 90.3 cm³/mol. The number of nitrogens with one attached hydrogen (secondary N) is 1. The number of anilines is 1. The summed E-state index contributed by atoms with van der Waals surface area (Å²) >= 11 is 9.39. The monoisotopic (exact) mass is 329 g/mol. The fraction of sp³-hybridized carbons (Fsp3) is 0.500. The third kappa shape index (κ3) is 3.95. The predicted octanol–water partition coefficient (Wildman–Crippen LogP) is 4.17. The van der Waals surface area contributed by atoms with E-state index >= 15 is 0 Å². The first-order valence-electron chi connectivity index (χ1n) is 6.78. The molecule has 2 aromatic rings. The van der Waals surface area contributed by atoms with Crippen LogP contribution in [0.1, 0.15) is 29.3 Å². The molecule has 0 aliphatic rings. The van der Waals surface area contributed by atoms with Crippen LogP contribution in [0.15, 0.2) is 12.1 Å². The highest BCUT2D eigenvalue weighted by Crippen LogP contribution is 2.29. The molecule has 2 heterocycles. The Hall–Kier alpha value is -0.620. The Kier molecular flexibility index (Phi) is 5.84. The van der Waals surface area contributed by atoms with Gasteiger partial charge in [0.2, 0.25) is 0 Å². The Labute approximate surface area is 133 Å². The molecule has 110 valence electrons. The number of aryl methyl sites for hydroxylation is 1. The zero-order valence-electron chi connectivity index (χ0n) is 12.1. The van der Waals surface area contributed by atoms with Crippen molar-refractivity contribution in [1.29, 1.82) is 0 Å². The summed E-state index contributed by atoms with van der Waals surface area (Å²) in [6.45, 7) is 7.04. The van der Waals surface area contributed by atoms with Crippen molar-refractivity contribution in [1.82, 2.24) is 10.3 Å². The molecule has 2 aromatic heterocycles. The van der Waals surface area contributed by atoms with Crippen LogP contribution in [-0.4, -0.2) is 18.6 Å². The lowest BCUT2D eigenvalue weighted by Gasteiger charge is -2.14. The molecule has 2 rings (SSSR count). The molecule has 0 atom stereocenters. The Morgan fingerprint density at radius 2 is 2.10 bits per heavy atom. The molecule has 0 saturated carbocycles. The number of thiazole rings is 1. The number of aromatic nitrogens is 1. The van der Waals surface area contributed by atoms with Crippen molar-refractivity contribution in [3.8, 4) is 0 Å². The van der Waals surface area contributed by atoms with Crippen LogP contribution >= 0.6 is 34.3 Å². The molecule has 3 nitrogen and oxygen atoms in total. The summed E-state index contributed by atoms with van der Waals surface area (Å²) in [6, 6.07) is 4.03. The average Bonchev–Trinajstić information content (AvgIpc) is 3.02. The third-order valence-electron chi connectivity index (χ3n) is 2.99. The summed E-state index contributed by atoms with van der Waals surface area (Å²) in [4.78, 5) is 9.57. The average molecular weight is 330 g/mol. The van der Waals surface area contributed by atoms with Crippen molar-refractivity contribution in [3.05, 3.63) is 31.9 Å². The zero-order chi connectivity index (χ0) is 14.5. The summed E-state index contributed by atoms with van der Waals surface area (Å²) in [7, 11) is 2.09. The summed E-state index contributed by atoms with van der Waals surface area (Å²) in [5.41, 5.74) is 1.21. The van der Waals surface area contributed by atoms with Gasteiger partial charge in [-0.25, -0.2) is 4.98 Å². The van der Waals surface area contributed by atoms with Gasteiger partial charge in [0.15, 0.2) is 5.13 Å². The van der Waals surface area contributed by atoms with Crippen LogP contribution in [0.2, 0.25) is 4.34 Å². The maximum atomic E-state index is 5.98. The second-order valence-corrected chi connectivity index (χ2v) is 7.42. The molecule has 0 aliphatic carbocycles. The Morgan fingerprint density at radius 3 is 2.70 bits per heavy atom. The highest BCUT2D eigenvalue weighted by molar-refractivity contribution is 7.16. The fourth-order valence-corrected chi connectivity index (χ4v) is 4.14. The van der Waals surface area contributed by atoms with Crippen LogP contribution in [0.25, 0.3) is 0 Å². The van der Waals surface area contributed by atoms with Gasteiger partial charge in [0.05, 0.1) is 16.6 Å². The van der Waals surface area contributed by atoms with Crippen LogP contribution in [-0.2, 0) is 19.5 Å². The van der Waals surface area contributed by atoms with Gasteiger partial charge >= 0.3 is 0 Å². The second kappa shape index (κ2) is 7.41. The van der Waals surface area contributed by atoms with Crippen molar-refractivity contribution in [3.63, 3.8) is 0 Å². The maximum absolute atomic E-state index is 5.98. The van der Waals surface area contributed by atoms with Gasteiger partial charge in [-0.3, -0.25) is 0 Å². The van der Waals surface area contributed by atoms with Crippen LogP contribution < -0.4 is 10.2 Å². The molecule has 0 aliphatic heterocycles. The molecule has 0 radical (unpaired) electrons. The molecule has 1 N–H and O–H groups in total. The lowest BCUT2D eigenvalue weighted by molar-refractivity contribution is 0.727. The Balaban J connectivity index is 2.09. The van der Waals surface area contributed by atoms with E-state index in [4.69, 9.17) is 16.6 Å². The molecule has 0 bridgehead atoms. The SMILES string of the molecule is CCNCc1sc(N(C)Cc2ccc(Cl)s2)nc1CC. The molecule has 0 aromatic carbocycles. The summed E-state index contributed by atoms with van der Waals surface area (Å²) in [6.07, 6.45) is 0.982. The quantitative estimate of drug-likeness (QED) is 0.826. The number of thiophene rings is 1. The van der Waals surface area contributed by atoms with E-state index < -0.39 is 0 Å². The van der Waals surface area contributed by atoms with Gasteiger partial charge in [-0.1, -0.05) is 25.4 Å². The molecule has 0 spiro atoms. The summed E-state index contributed by atoms with van der Waals surface area (Å²) < 4.78 is 0.842. The van der Waals surface area contributed by atoms with E-state index in [9.17, 15) is 0 Å². The number of hydrogen-bond donors (Lipinski definition) is 1. The topological polar surface area (TPSA) is 28.2 Å². The van der Waals surface area contributed by atoms with E-state index in [0.29, 0.717) is 0 Å². The molecule has 0 amide bonds. The van der Waals surface area contributed by atoms with Crippen molar-refractivity contribution in [2.75, 3.05) is 18.5 Å². The first kappa shape index (κ1) is 15.8. The number of nitrogens with zero attached hydrogens (tertiary/aromatic N) is 2. The summed E-state index contributed by atoms with van der Waals surface area (Å²) in [5.74, 6) is 0. The van der Waals surface area contributed by atoms with Gasteiger partial charge in [-0.2, -0.15) is 0 Å². The van der Waals surface area contributed by atoms with E-state index in [2.05, 4.69) is 37.2 Å². The number of rotatable bonds is 7. The van der Waals surface area contributed by atoms with E-state index in [1.54, 1.807) is 22.7 Å². The van der Waals surface area contributed by atoms with E-state index in [0.717, 1.165) is 35.5 Å². The minimum absolute atomic E-state index is 0.842. The minimum atomic E-state index is 0.842. The number of hydrogen-bond acceptors (Lipinski definition) is 5. The molecule has 20 heavy (non-hydrogen) atoms. The normalized spacial score (nSPS) is 11.0. The van der Waals surface area contributed by atoms with Gasteiger partial charge in [0, 0.05) is 23.3 Å². The largest absolute Gasteiger partial charge is 0.346 e. The van der Waals surface area contributed by atoms with E-state index in [1.165, 1.54) is 15.4 Å². The Morgan fingerprint density at radius 1 is 1.30 bits per heavy atom. The smallest absolute Gasteiger partial charge is 0.185 e. The molecule has 0 unspecified atom stereocenters. The van der Waals surface area contributed by atoms with Crippen molar-refractivity contribution in [2.45, 2.75) is 33.4 Å². The van der Waals surface area contributed by atoms with E-state index in [-0.39, 0.29) is 0 Å². The first-order chi connectivity index (χ1) is 9.63. The van der Waals surface area contributed by atoms with Gasteiger partial charge in [-0.05, 0) is 25.1 Å². The van der Waals surface area contributed by atoms with Crippen molar-refractivity contribution in [2.24, 2.45) is 0 Å². The van der Waals surface area contributed by atoms with Gasteiger partial charge in [-0.15, -0.1) is 22.7 Å². The Bertz CT molecular complexity index is 550. The number of halogens is 1. The lowest BCUT2D eigenvalue weighted by atomic mass is 10.3. The van der Waals surface area contributed by atoms with Crippen LogP contribution in [0, 0.1) is 0 Å². The second-order valence-electron chi connectivity index (χ2n) is 4.56. The minimum Gasteiger partial charge on any atom is -0.346 e. The molecular weight excluding hydrogens is 310 g/mol. The standard InChI is InChI=1S/C14H20ClN3S2/c1-4-11-12(8-16-5-2)20-14(17-11)18(3)9-10-6-7-13(15)19-10/h6-7,16H,4-5,8-9H2,1-3H3. The van der Waals surface area contributed by atoms with Gasteiger partial charge in [0.1, 0.15) is 0 Å². The fourth-order valence-electron chi connectivity index (χ4n) is 1.92. The molecule has 6 heteroatoms. The van der Waals surface area contributed by atoms with Gasteiger partial charge in [0.25, 0.3) is 0 Å².